The maximum atomic E-state index is 12.1. The molecule has 0 fully saturated rings. The Morgan fingerprint density at radius 1 is 1.38 bits per heavy atom. The Balaban J connectivity index is 2.71. The second-order valence-electron chi connectivity index (χ2n) is 4.94. The van der Waals surface area contributed by atoms with E-state index in [2.05, 4.69) is 5.32 Å². The first kappa shape index (κ1) is 17.8. The van der Waals surface area contributed by atoms with Crippen LogP contribution in [0.5, 0.6) is 0 Å². The van der Waals surface area contributed by atoms with Crippen molar-refractivity contribution in [2.45, 2.75) is 38.4 Å². The zero-order chi connectivity index (χ0) is 16.0. The number of nitrogens with two attached hydrogens (primary N) is 1. The van der Waals surface area contributed by atoms with Crippen LogP contribution in [0.15, 0.2) is 18.2 Å². The van der Waals surface area contributed by atoms with Crippen LogP contribution in [0.1, 0.15) is 33.1 Å². The maximum absolute atomic E-state index is 12.1. The second-order valence-corrected chi connectivity index (χ2v) is 7.79. The van der Waals surface area contributed by atoms with Crippen LogP contribution in [0.25, 0.3) is 0 Å². The van der Waals surface area contributed by atoms with Crippen molar-refractivity contribution in [3.63, 3.8) is 0 Å². The average Bonchev–Trinajstić information content (AvgIpc) is 2.42. The maximum Gasteiger partial charge on any atom is 0.242 e. The Morgan fingerprint density at radius 2 is 2.05 bits per heavy atom. The molecule has 0 aliphatic rings. The summed E-state index contributed by atoms with van der Waals surface area (Å²) in [6.07, 6.45) is 2.34. The van der Waals surface area contributed by atoms with Crippen LogP contribution in [0.4, 0.5) is 11.4 Å². The summed E-state index contributed by atoms with van der Waals surface area (Å²) in [4.78, 5) is 12.0. The van der Waals surface area contributed by atoms with E-state index in [9.17, 15) is 13.2 Å². The molecular formula is C14H21ClN2O3S. The molecule has 1 aromatic carbocycles. The number of hydrogen-bond acceptors (Lipinski definition) is 4. The van der Waals surface area contributed by atoms with Crippen molar-refractivity contribution in [1.29, 1.82) is 0 Å². The topological polar surface area (TPSA) is 89.3 Å². The van der Waals surface area contributed by atoms with E-state index < -0.39 is 21.0 Å². The molecule has 0 spiro atoms. The van der Waals surface area contributed by atoms with Gasteiger partial charge in [0.25, 0.3) is 0 Å². The summed E-state index contributed by atoms with van der Waals surface area (Å²) in [6.45, 7) is 3.39. The van der Waals surface area contributed by atoms with Crippen molar-refractivity contribution in [2.24, 2.45) is 0 Å². The summed E-state index contributed by atoms with van der Waals surface area (Å²) >= 11 is 5.79. The van der Waals surface area contributed by atoms with Gasteiger partial charge in [-0.3, -0.25) is 4.79 Å². The van der Waals surface area contributed by atoms with Crippen molar-refractivity contribution in [1.82, 2.24) is 0 Å². The number of unbranched alkanes of at least 4 members (excludes halogenated alkanes) is 2. The number of sulfone groups is 1. The zero-order valence-corrected chi connectivity index (χ0v) is 13.8. The molecule has 1 unspecified atom stereocenters. The minimum Gasteiger partial charge on any atom is -0.397 e. The predicted molar refractivity (Wildman–Crippen MR) is 87.3 cm³/mol. The largest absolute Gasteiger partial charge is 0.397 e. The molecule has 0 bridgehead atoms. The molecule has 1 rings (SSSR count). The van der Waals surface area contributed by atoms with Gasteiger partial charge in [0.1, 0.15) is 5.25 Å². The number of hydrogen-bond donors (Lipinski definition) is 2. The van der Waals surface area contributed by atoms with E-state index in [1.165, 1.54) is 13.0 Å². The van der Waals surface area contributed by atoms with Gasteiger partial charge in [0, 0.05) is 5.69 Å². The molecule has 118 valence electrons. The number of benzene rings is 1. The molecule has 0 aliphatic carbocycles. The number of amides is 1. The number of carbonyl (C=O) groups excluding carboxylic acids is 1. The molecule has 0 saturated heterocycles. The molecule has 0 heterocycles. The molecular weight excluding hydrogens is 312 g/mol. The average molecular weight is 333 g/mol. The number of nitrogen functional groups attached to an aromatic ring is 1. The summed E-state index contributed by atoms with van der Waals surface area (Å²) < 4.78 is 24.1. The van der Waals surface area contributed by atoms with Gasteiger partial charge in [0.2, 0.25) is 5.91 Å². The molecule has 1 aromatic rings. The van der Waals surface area contributed by atoms with Gasteiger partial charge >= 0.3 is 0 Å². The van der Waals surface area contributed by atoms with Crippen LogP contribution in [0.2, 0.25) is 5.02 Å². The normalized spacial score (nSPS) is 12.9. The van der Waals surface area contributed by atoms with Gasteiger partial charge in [0.15, 0.2) is 9.84 Å². The van der Waals surface area contributed by atoms with Crippen LogP contribution in [-0.2, 0) is 14.6 Å². The van der Waals surface area contributed by atoms with Gasteiger partial charge < -0.3 is 11.1 Å². The highest BCUT2D eigenvalue weighted by molar-refractivity contribution is 7.92. The van der Waals surface area contributed by atoms with Crippen molar-refractivity contribution >= 4 is 38.7 Å². The highest BCUT2D eigenvalue weighted by Crippen LogP contribution is 2.22. The molecule has 1 amide bonds. The number of carbonyl (C=O) groups is 1. The van der Waals surface area contributed by atoms with Gasteiger partial charge in [0.05, 0.1) is 16.5 Å². The molecule has 0 aliphatic heterocycles. The minimum atomic E-state index is -3.44. The number of anilines is 2. The van der Waals surface area contributed by atoms with Crippen LogP contribution in [-0.4, -0.2) is 25.3 Å². The molecule has 1 atom stereocenters. The summed E-state index contributed by atoms with van der Waals surface area (Å²) in [7, 11) is -3.44. The Kier molecular flexibility index (Phi) is 6.48. The fourth-order valence-corrected chi connectivity index (χ4v) is 3.22. The zero-order valence-electron chi connectivity index (χ0n) is 12.2. The lowest BCUT2D eigenvalue weighted by molar-refractivity contribution is -0.115. The smallest absolute Gasteiger partial charge is 0.242 e. The third kappa shape index (κ3) is 5.21. The summed E-state index contributed by atoms with van der Waals surface area (Å²) in [5.74, 6) is -0.536. The van der Waals surface area contributed by atoms with Gasteiger partial charge in [-0.15, -0.1) is 0 Å². The first-order valence-electron chi connectivity index (χ1n) is 6.85. The van der Waals surface area contributed by atoms with Gasteiger partial charge in [-0.1, -0.05) is 31.4 Å². The summed E-state index contributed by atoms with van der Waals surface area (Å²) in [5.41, 5.74) is 6.39. The van der Waals surface area contributed by atoms with Crippen LogP contribution >= 0.6 is 11.6 Å². The quantitative estimate of drug-likeness (QED) is 0.593. The molecule has 0 aromatic heterocycles. The summed E-state index contributed by atoms with van der Waals surface area (Å²) in [5, 5.41) is 1.84. The Bertz CT molecular complexity index is 602. The monoisotopic (exact) mass is 332 g/mol. The standard InChI is InChI=1S/C14H21ClN2O3S/c1-3-4-5-8-21(19,20)10(2)14(18)17-11-6-7-12(15)13(16)9-11/h6-7,9-10H,3-5,8,16H2,1-2H3,(H,17,18). The molecule has 0 radical (unpaired) electrons. The second kappa shape index (κ2) is 7.66. The highest BCUT2D eigenvalue weighted by Gasteiger charge is 2.27. The van der Waals surface area contributed by atoms with Crippen molar-refractivity contribution in [3.8, 4) is 0 Å². The number of nitrogens with one attached hydrogen (secondary N) is 1. The van der Waals surface area contributed by atoms with E-state index in [-0.39, 0.29) is 5.75 Å². The first-order chi connectivity index (χ1) is 9.77. The molecule has 3 N–H and O–H groups in total. The SMILES string of the molecule is CCCCCS(=O)(=O)C(C)C(=O)Nc1ccc(Cl)c(N)c1. The van der Waals surface area contributed by atoms with E-state index in [4.69, 9.17) is 17.3 Å². The highest BCUT2D eigenvalue weighted by atomic mass is 35.5. The van der Waals surface area contributed by atoms with Gasteiger partial charge in [-0.25, -0.2) is 8.42 Å². The van der Waals surface area contributed by atoms with Crippen molar-refractivity contribution < 1.29 is 13.2 Å². The summed E-state index contributed by atoms with van der Waals surface area (Å²) in [6, 6.07) is 4.62. The van der Waals surface area contributed by atoms with Crippen LogP contribution < -0.4 is 11.1 Å². The molecule has 5 nitrogen and oxygen atoms in total. The van der Waals surface area contributed by atoms with Crippen LogP contribution in [0.3, 0.4) is 0 Å². The van der Waals surface area contributed by atoms with Crippen LogP contribution in [0, 0.1) is 0 Å². The fourth-order valence-electron chi connectivity index (χ4n) is 1.76. The first-order valence-corrected chi connectivity index (χ1v) is 8.94. The minimum absolute atomic E-state index is 0.0260. The number of halogens is 1. The lowest BCUT2D eigenvalue weighted by atomic mass is 10.2. The molecule has 0 saturated carbocycles. The molecule has 7 heteroatoms. The Hall–Kier alpha value is -1.27. The van der Waals surface area contributed by atoms with E-state index in [0.717, 1.165) is 12.8 Å². The van der Waals surface area contributed by atoms with Crippen molar-refractivity contribution in [3.05, 3.63) is 23.2 Å². The van der Waals surface area contributed by atoms with E-state index in [1.807, 2.05) is 6.92 Å². The molecule has 21 heavy (non-hydrogen) atoms. The predicted octanol–water partition coefficient (Wildman–Crippen LogP) is 2.85. The van der Waals surface area contributed by atoms with E-state index >= 15 is 0 Å². The lowest BCUT2D eigenvalue weighted by Gasteiger charge is -2.13. The fraction of sp³-hybridized carbons (Fsp3) is 0.500. The Morgan fingerprint density at radius 3 is 2.62 bits per heavy atom. The third-order valence-electron chi connectivity index (χ3n) is 3.20. The lowest BCUT2D eigenvalue weighted by Crippen LogP contribution is -2.34. The van der Waals surface area contributed by atoms with Crippen molar-refractivity contribution in [2.75, 3.05) is 16.8 Å². The third-order valence-corrected chi connectivity index (χ3v) is 5.70. The number of rotatable bonds is 7. The van der Waals surface area contributed by atoms with Gasteiger partial charge in [-0.2, -0.15) is 0 Å². The van der Waals surface area contributed by atoms with E-state index in [0.29, 0.717) is 22.8 Å². The van der Waals surface area contributed by atoms with Gasteiger partial charge in [-0.05, 0) is 31.5 Å². The van der Waals surface area contributed by atoms with E-state index in [1.54, 1.807) is 12.1 Å². The Labute approximate surface area is 130 Å².